The zero-order valence-electron chi connectivity index (χ0n) is 6.87. The van der Waals surface area contributed by atoms with Gasteiger partial charge in [-0.1, -0.05) is 13.8 Å². The molecule has 0 unspecified atom stereocenters. The van der Waals surface area contributed by atoms with Gasteiger partial charge in [-0.25, -0.2) is 0 Å². The summed E-state index contributed by atoms with van der Waals surface area (Å²) in [5.74, 6) is 0.119. The fourth-order valence-corrected chi connectivity index (χ4v) is 1.12. The summed E-state index contributed by atoms with van der Waals surface area (Å²) in [6.45, 7) is 4.47. The molecule has 1 amide bonds. The molecule has 1 atom stereocenters. The predicted molar refractivity (Wildman–Crippen MR) is 40.6 cm³/mol. The van der Waals surface area contributed by atoms with Crippen molar-refractivity contribution in [2.45, 2.75) is 26.3 Å². The van der Waals surface area contributed by atoms with E-state index in [1.165, 1.54) is 0 Å². The third-order valence-corrected chi connectivity index (χ3v) is 1.95. The average Bonchev–Trinajstić information content (AvgIpc) is 1.86. The number of hydrogen-bond acceptors (Lipinski definition) is 2. The number of rotatable bonds is 1. The molecule has 0 saturated carbocycles. The van der Waals surface area contributed by atoms with Crippen molar-refractivity contribution in [2.75, 3.05) is 6.54 Å². The SMILES string of the molecule is CC(C)C(=O)N1CC[C@H]1C#N. The van der Waals surface area contributed by atoms with E-state index in [-0.39, 0.29) is 17.9 Å². The lowest BCUT2D eigenvalue weighted by Gasteiger charge is -2.37. The molecule has 1 rings (SSSR count). The van der Waals surface area contributed by atoms with E-state index in [1.54, 1.807) is 4.90 Å². The summed E-state index contributed by atoms with van der Waals surface area (Å²) in [7, 11) is 0. The van der Waals surface area contributed by atoms with Crippen LogP contribution in [0.15, 0.2) is 0 Å². The first-order chi connectivity index (χ1) is 5.16. The van der Waals surface area contributed by atoms with E-state index in [4.69, 9.17) is 5.26 Å². The van der Waals surface area contributed by atoms with Crippen LogP contribution in [0.2, 0.25) is 0 Å². The number of hydrogen-bond donors (Lipinski definition) is 0. The van der Waals surface area contributed by atoms with Crippen LogP contribution in [-0.2, 0) is 4.79 Å². The van der Waals surface area contributed by atoms with E-state index >= 15 is 0 Å². The van der Waals surface area contributed by atoms with Crippen LogP contribution in [0.5, 0.6) is 0 Å². The van der Waals surface area contributed by atoms with Gasteiger partial charge in [-0.2, -0.15) is 5.26 Å². The topological polar surface area (TPSA) is 44.1 Å². The summed E-state index contributed by atoms with van der Waals surface area (Å²) in [5.41, 5.74) is 0. The largest absolute Gasteiger partial charge is 0.326 e. The molecule has 1 heterocycles. The van der Waals surface area contributed by atoms with Crippen LogP contribution < -0.4 is 0 Å². The molecule has 0 bridgehead atoms. The van der Waals surface area contributed by atoms with E-state index in [0.29, 0.717) is 0 Å². The van der Waals surface area contributed by atoms with Crippen molar-refractivity contribution in [3.63, 3.8) is 0 Å². The molecule has 0 aromatic rings. The maximum Gasteiger partial charge on any atom is 0.226 e. The van der Waals surface area contributed by atoms with Crippen molar-refractivity contribution >= 4 is 5.91 Å². The smallest absolute Gasteiger partial charge is 0.226 e. The van der Waals surface area contributed by atoms with Crippen LogP contribution in [0.3, 0.4) is 0 Å². The molecule has 0 aliphatic carbocycles. The maximum atomic E-state index is 11.3. The Kier molecular flexibility index (Phi) is 2.13. The fourth-order valence-electron chi connectivity index (χ4n) is 1.12. The third-order valence-electron chi connectivity index (χ3n) is 1.95. The number of carbonyl (C=O) groups excluding carboxylic acids is 1. The zero-order valence-corrected chi connectivity index (χ0v) is 6.87. The number of carbonyl (C=O) groups is 1. The van der Waals surface area contributed by atoms with Gasteiger partial charge in [0.25, 0.3) is 0 Å². The number of nitrogens with zero attached hydrogens (tertiary/aromatic N) is 2. The van der Waals surface area contributed by atoms with Crippen molar-refractivity contribution in [1.82, 2.24) is 4.90 Å². The van der Waals surface area contributed by atoms with E-state index in [0.717, 1.165) is 13.0 Å². The first kappa shape index (κ1) is 8.06. The molecule has 1 aliphatic rings. The first-order valence-corrected chi connectivity index (χ1v) is 3.87. The number of amides is 1. The van der Waals surface area contributed by atoms with Crippen LogP contribution in [0, 0.1) is 17.2 Å². The molecule has 0 N–H and O–H groups in total. The highest BCUT2D eigenvalue weighted by atomic mass is 16.2. The Balaban J connectivity index is 2.50. The first-order valence-electron chi connectivity index (χ1n) is 3.87. The Hall–Kier alpha value is -1.04. The normalized spacial score (nSPS) is 22.7. The fraction of sp³-hybridized carbons (Fsp3) is 0.750. The summed E-state index contributed by atoms with van der Waals surface area (Å²) in [6, 6.07) is 1.94. The summed E-state index contributed by atoms with van der Waals surface area (Å²) in [6.07, 6.45) is 0.842. The van der Waals surface area contributed by atoms with Gasteiger partial charge in [0, 0.05) is 12.5 Å². The molecule has 0 radical (unpaired) electrons. The number of likely N-dealkylation sites (tertiary alicyclic amines) is 1. The van der Waals surface area contributed by atoms with Crippen molar-refractivity contribution in [3.8, 4) is 6.07 Å². The molecule has 60 valence electrons. The van der Waals surface area contributed by atoms with Crippen molar-refractivity contribution in [1.29, 1.82) is 5.26 Å². The minimum atomic E-state index is -0.148. The quantitative estimate of drug-likeness (QED) is 0.557. The molecule has 1 fully saturated rings. The lowest BCUT2D eigenvalue weighted by atomic mass is 10.0. The lowest BCUT2D eigenvalue weighted by molar-refractivity contribution is -0.140. The van der Waals surface area contributed by atoms with Crippen LogP contribution in [0.25, 0.3) is 0 Å². The highest BCUT2D eigenvalue weighted by Crippen LogP contribution is 2.18. The van der Waals surface area contributed by atoms with Crippen LogP contribution in [0.1, 0.15) is 20.3 Å². The Labute approximate surface area is 66.6 Å². The molecular formula is C8H12N2O. The lowest BCUT2D eigenvalue weighted by Crippen LogP contribution is -2.51. The van der Waals surface area contributed by atoms with E-state index < -0.39 is 0 Å². The second-order valence-corrected chi connectivity index (χ2v) is 3.12. The van der Waals surface area contributed by atoms with E-state index in [1.807, 2.05) is 13.8 Å². The second kappa shape index (κ2) is 2.91. The van der Waals surface area contributed by atoms with Crippen LogP contribution in [-0.4, -0.2) is 23.4 Å². The molecule has 0 aromatic heterocycles. The Bertz CT molecular complexity index is 205. The van der Waals surface area contributed by atoms with Gasteiger partial charge in [0.1, 0.15) is 6.04 Å². The third kappa shape index (κ3) is 1.35. The van der Waals surface area contributed by atoms with Crippen LogP contribution in [0.4, 0.5) is 0 Å². The van der Waals surface area contributed by atoms with Gasteiger partial charge in [0.05, 0.1) is 6.07 Å². The molecule has 1 saturated heterocycles. The number of nitriles is 1. The molecule has 3 heteroatoms. The minimum Gasteiger partial charge on any atom is -0.326 e. The molecule has 1 aliphatic heterocycles. The van der Waals surface area contributed by atoms with Gasteiger partial charge in [-0.3, -0.25) is 4.79 Å². The standard InChI is InChI=1S/C8H12N2O/c1-6(2)8(11)10-4-3-7(10)5-9/h6-7H,3-4H2,1-2H3/t7-/m0/s1. The molecule has 0 aromatic carbocycles. The predicted octanol–water partition coefficient (Wildman–Crippen LogP) is 0.767. The van der Waals surface area contributed by atoms with Gasteiger partial charge in [-0.15, -0.1) is 0 Å². The van der Waals surface area contributed by atoms with Crippen molar-refractivity contribution in [2.24, 2.45) is 5.92 Å². The van der Waals surface area contributed by atoms with Gasteiger partial charge in [0.2, 0.25) is 5.91 Å². The highest BCUT2D eigenvalue weighted by molar-refractivity contribution is 5.79. The molecule has 11 heavy (non-hydrogen) atoms. The average molecular weight is 152 g/mol. The Morgan fingerprint density at radius 1 is 1.73 bits per heavy atom. The van der Waals surface area contributed by atoms with E-state index in [2.05, 4.69) is 6.07 Å². The van der Waals surface area contributed by atoms with Crippen molar-refractivity contribution in [3.05, 3.63) is 0 Å². The molecular weight excluding hydrogens is 140 g/mol. The van der Waals surface area contributed by atoms with Gasteiger partial charge in [0.15, 0.2) is 0 Å². The van der Waals surface area contributed by atoms with Crippen LogP contribution >= 0.6 is 0 Å². The summed E-state index contributed by atoms with van der Waals surface area (Å²) in [5, 5.41) is 8.54. The van der Waals surface area contributed by atoms with Gasteiger partial charge < -0.3 is 4.90 Å². The zero-order chi connectivity index (χ0) is 8.43. The maximum absolute atomic E-state index is 11.3. The minimum absolute atomic E-state index is 0.0196. The van der Waals surface area contributed by atoms with Gasteiger partial charge in [-0.05, 0) is 6.42 Å². The highest BCUT2D eigenvalue weighted by Gasteiger charge is 2.32. The Morgan fingerprint density at radius 3 is 2.64 bits per heavy atom. The molecule has 3 nitrogen and oxygen atoms in total. The summed E-state index contributed by atoms with van der Waals surface area (Å²) < 4.78 is 0. The Morgan fingerprint density at radius 2 is 2.36 bits per heavy atom. The van der Waals surface area contributed by atoms with E-state index in [9.17, 15) is 4.79 Å². The summed E-state index contributed by atoms with van der Waals surface area (Å²) in [4.78, 5) is 12.9. The monoisotopic (exact) mass is 152 g/mol. The van der Waals surface area contributed by atoms with Crippen molar-refractivity contribution < 1.29 is 4.79 Å². The van der Waals surface area contributed by atoms with Gasteiger partial charge >= 0.3 is 0 Å². The molecule has 0 spiro atoms. The summed E-state index contributed by atoms with van der Waals surface area (Å²) >= 11 is 0. The second-order valence-electron chi connectivity index (χ2n) is 3.12.